The number of nitriles is 1. The van der Waals surface area contributed by atoms with Crippen LogP contribution < -0.4 is 4.90 Å². The molecular weight excluding hydrogens is 240 g/mol. The molecule has 0 aliphatic heterocycles. The van der Waals surface area contributed by atoms with Gasteiger partial charge in [-0.1, -0.05) is 0 Å². The minimum Gasteiger partial charge on any atom is -0.472 e. The molecule has 4 heteroatoms. The monoisotopic (exact) mass is 254 g/mol. The summed E-state index contributed by atoms with van der Waals surface area (Å²) in [6.45, 7) is 2.14. The smallest absolute Gasteiger partial charge is 0.161 e. The molecule has 0 fully saturated rings. The molecule has 0 unspecified atom stereocenters. The van der Waals surface area contributed by atoms with Crippen LogP contribution in [0.15, 0.2) is 41.2 Å². The lowest BCUT2D eigenvalue weighted by molar-refractivity contribution is 0.101. The second kappa shape index (κ2) is 5.40. The van der Waals surface area contributed by atoms with Crippen LogP contribution in [0.2, 0.25) is 0 Å². The van der Waals surface area contributed by atoms with Crippen molar-refractivity contribution in [2.24, 2.45) is 0 Å². The molecule has 0 N–H and O–H groups in total. The Morgan fingerprint density at radius 2 is 2.21 bits per heavy atom. The van der Waals surface area contributed by atoms with E-state index in [9.17, 15) is 4.79 Å². The molecule has 1 heterocycles. The molecule has 0 radical (unpaired) electrons. The quantitative estimate of drug-likeness (QED) is 0.787. The summed E-state index contributed by atoms with van der Waals surface area (Å²) in [6, 6.07) is 9.05. The highest BCUT2D eigenvalue weighted by Gasteiger charge is 2.13. The Labute approximate surface area is 111 Å². The van der Waals surface area contributed by atoms with Gasteiger partial charge in [-0.15, -0.1) is 0 Å². The van der Waals surface area contributed by atoms with Crippen molar-refractivity contribution >= 4 is 11.5 Å². The third-order valence-corrected chi connectivity index (χ3v) is 2.92. The maximum Gasteiger partial charge on any atom is 0.161 e. The molecule has 2 rings (SSSR count). The molecule has 96 valence electrons. The Bertz CT molecular complexity index is 624. The second-order valence-corrected chi connectivity index (χ2v) is 4.39. The van der Waals surface area contributed by atoms with Gasteiger partial charge in [-0.3, -0.25) is 4.79 Å². The molecule has 1 aromatic carbocycles. The number of furan rings is 1. The van der Waals surface area contributed by atoms with Crippen molar-refractivity contribution in [2.45, 2.75) is 13.5 Å². The molecule has 2 aromatic rings. The van der Waals surface area contributed by atoms with E-state index in [4.69, 9.17) is 9.68 Å². The predicted molar refractivity (Wildman–Crippen MR) is 72.0 cm³/mol. The minimum absolute atomic E-state index is 0.0152. The van der Waals surface area contributed by atoms with Crippen LogP contribution in [0.5, 0.6) is 0 Å². The Balaban J connectivity index is 2.36. The molecule has 0 aliphatic rings. The average molecular weight is 254 g/mol. The van der Waals surface area contributed by atoms with E-state index in [1.165, 1.54) is 6.92 Å². The summed E-state index contributed by atoms with van der Waals surface area (Å²) in [5.41, 5.74) is 2.93. The number of carbonyl (C=O) groups excluding carboxylic acids is 1. The summed E-state index contributed by atoms with van der Waals surface area (Å²) in [7, 11) is 1.88. The van der Waals surface area contributed by atoms with E-state index >= 15 is 0 Å². The van der Waals surface area contributed by atoms with Crippen LogP contribution in [-0.2, 0) is 6.54 Å². The number of rotatable bonds is 4. The molecule has 0 spiro atoms. The lowest BCUT2D eigenvalue weighted by Crippen LogP contribution is -2.18. The number of Topliss-reactive ketones (excluding diaryl/α,β-unsaturated/α-hetero) is 1. The van der Waals surface area contributed by atoms with Gasteiger partial charge >= 0.3 is 0 Å². The van der Waals surface area contributed by atoms with Crippen molar-refractivity contribution < 1.29 is 9.21 Å². The van der Waals surface area contributed by atoms with Gasteiger partial charge in [-0.2, -0.15) is 5.26 Å². The molecule has 0 amide bonds. The van der Waals surface area contributed by atoms with Gasteiger partial charge in [0, 0.05) is 30.4 Å². The van der Waals surface area contributed by atoms with Crippen molar-refractivity contribution in [3.63, 3.8) is 0 Å². The Kier molecular flexibility index (Phi) is 3.67. The maximum absolute atomic E-state index is 11.6. The molecule has 0 aliphatic carbocycles. The fraction of sp³-hybridized carbons (Fsp3) is 0.200. The molecule has 4 nitrogen and oxygen atoms in total. The fourth-order valence-corrected chi connectivity index (χ4v) is 1.96. The average Bonchev–Trinajstić information content (AvgIpc) is 2.90. The number of nitrogens with zero attached hydrogens (tertiary/aromatic N) is 2. The van der Waals surface area contributed by atoms with Gasteiger partial charge in [-0.05, 0) is 31.2 Å². The van der Waals surface area contributed by atoms with Gasteiger partial charge in [0.05, 0.1) is 24.2 Å². The summed E-state index contributed by atoms with van der Waals surface area (Å²) in [4.78, 5) is 13.6. The number of hydrogen-bond acceptors (Lipinski definition) is 4. The number of anilines is 1. The van der Waals surface area contributed by atoms with Crippen molar-refractivity contribution in [3.05, 3.63) is 53.5 Å². The summed E-state index contributed by atoms with van der Waals surface area (Å²) in [6.07, 6.45) is 3.28. The van der Waals surface area contributed by atoms with E-state index in [1.54, 1.807) is 30.7 Å². The van der Waals surface area contributed by atoms with Crippen molar-refractivity contribution in [1.82, 2.24) is 0 Å². The first-order chi connectivity index (χ1) is 9.11. The van der Waals surface area contributed by atoms with E-state index in [1.807, 2.05) is 18.0 Å². The Morgan fingerprint density at radius 1 is 1.42 bits per heavy atom. The van der Waals surface area contributed by atoms with E-state index < -0.39 is 0 Å². The highest BCUT2D eigenvalue weighted by atomic mass is 16.3. The first-order valence-corrected chi connectivity index (χ1v) is 5.89. The normalized spacial score (nSPS) is 9.95. The summed E-state index contributed by atoms with van der Waals surface area (Å²) < 4.78 is 5.03. The lowest BCUT2D eigenvalue weighted by Gasteiger charge is -2.21. The number of carbonyl (C=O) groups is 1. The molecule has 0 saturated carbocycles. The molecule has 1 aromatic heterocycles. The molecule has 0 bridgehead atoms. The standard InChI is InChI=1S/C15H14N2O2/c1-11(18)14-4-3-12(8-16)7-15(14)17(2)9-13-5-6-19-10-13/h3-7,10H,9H2,1-2H3. The zero-order valence-electron chi connectivity index (χ0n) is 10.9. The fourth-order valence-electron chi connectivity index (χ4n) is 1.96. The van der Waals surface area contributed by atoms with Crippen LogP contribution in [0, 0.1) is 11.3 Å². The first kappa shape index (κ1) is 12.9. The van der Waals surface area contributed by atoms with Crippen molar-refractivity contribution in [2.75, 3.05) is 11.9 Å². The van der Waals surface area contributed by atoms with Crippen LogP contribution in [0.1, 0.15) is 28.4 Å². The van der Waals surface area contributed by atoms with Gasteiger partial charge in [0.1, 0.15) is 0 Å². The van der Waals surface area contributed by atoms with Gasteiger partial charge in [0.2, 0.25) is 0 Å². The third kappa shape index (κ3) is 2.83. The molecular formula is C15H14N2O2. The number of ketones is 1. The van der Waals surface area contributed by atoms with Crippen LogP contribution in [0.3, 0.4) is 0 Å². The van der Waals surface area contributed by atoms with Gasteiger partial charge in [0.25, 0.3) is 0 Å². The maximum atomic E-state index is 11.6. The molecule has 0 saturated heterocycles. The van der Waals surface area contributed by atoms with Crippen LogP contribution in [-0.4, -0.2) is 12.8 Å². The topological polar surface area (TPSA) is 57.2 Å². The number of benzene rings is 1. The molecule has 19 heavy (non-hydrogen) atoms. The van der Waals surface area contributed by atoms with Crippen LogP contribution in [0.25, 0.3) is 0 Å². The van der Waals surface area contributed by atoms with E-state index in [2.05, 4.69) is 6.07 Å². The largest absolute Gasteiger partial charge is 0.472 e. The first-order valence-electron chi connectivity index (χ1n) is 5.89. The third-order valence-electron chi connectivity index (χ3n) is 2.92. The van der Waals surface area contributed by atoms with Gasteiger partial charge in [0.15, 0.2) is 5.78 Å². The highest BCUT2D eigenvalue weighted by Crippen LogP contribution is 2.23. The zero-order chi connectivity index (χ0) is 13.8. The Hall–Kier alpha value is -2.54. The van der Waals surface area contributed by atoms with Crippen LogP contribution >= 0.6 is 0 Å². The van der Waals surface area contributed by atoms with Gasteiger partial charge in [-0.25, -0.2) is 0 Å². The SMILES string of the molecule is CC(=O)c1ccc(C#N)cc1N(C)Cc1ccoc1. The highest BCUT2D eigenvalue weighted by molar-refractivity contribution is 5.99. The second-order valence-electron chi connectivity index (χ2n) is 4.39. The van der Waals surface area contributed by atoms with Gasteiger partial charge < -0.3 is 9.32 Å². The van der Waals surface area contributed by atoms with Crippen molar-refractivity contribution in [3.8, 4) is 6.07 Å². The molecule has 0 atom stereocenters. The number of hydrogen-bond donors (Lipinski definition) is 0. The lowest BCUT2D eigenvalue weighted by atomic mass is 10.1. The summed E-state index contributed by atoms with van der Waals surface area (Å²) >= 11 is 0. The zero-order valence-corrected chi connectivity index (χ0v) is 10.9. The van der Waals surface area contributed by atoms with E-state index in [0.717, 1.165) is 11.3 Å². The van der Waals surface area contributed by atoms with E-state index in [-0.39, 0.29) is 5.78 Å². The summed E-state index contributed by atoms with van der Waals surface area (Å²) in [5.74, 6) is -0.0152. The summed E-state index contributed by atoms with van der Waals surface area (Å²) in [5, 5.41) is 8.96. The predicted octanol–water partition coefficient (Wildman–Crippen LogP) is 2.99. The minimum atomic E-state index is -0.0152. The van der Waals surface area contributed by atoms with E-state index in [0.29, 0.717) is 17.7 Å². The van der Waals surface area contributed by atoms with Crippen molar-refractivity contribution in [1.29, 1.82) is 5.26 Å². The van der Waals surface area contributed by atoms with Crippen LogP contribution in [0.4, 0.5) is 5.69 Å². The Morgan fingerprint density at radius 3 is 2.79 bits per heavy atom.